The topological polar surface area (TPSA) is 84.5 Å². The molecule has 0 spiro atoms. The van der Waals surface area contributed by atoms with Crippen LogP contribution in [-0.4, -0.2) is 82.1 Å². The summed E-state index contributed by atoms with van der Waals surface area (Å²) in [6, 6.07) is 9.18. The van der Waals surface area contributed by atoms with Gasteiger partial charge in [0.05, 0.1) is 11.3 Å². The monoisotopic (exact) mass is 411 g/mol. The van der Waals surface area contributed by atoms with Gasteiger partial charge in [0.15, 0.2) is 0 Å². The van der Waals surface area contributed by atoms with Gasteiger partial charge in [0.25, 0.3) is 5.91 Å². The maximum absolute atomic E-state index is 13.0. The number of oxime groups is 1. The molecule has 0 radical (unpaired) electrons. The molecule has 8 heteroatoms. The van der Waals surface area contributed by atoms with Gasteiger partial charge in [-0.3, -0.25) is 9.69 Å². The number of amides is 1. The van der Waals surface area contributed by atoms with Gasteiger partial charge in [-0.25, -0.2) is 0 Å². The third-order valence-corrected chi connectivity index (χ3v) is 6.09. The Kier molecular flexibility index (Phi) is 5.94. The van der Waals surface area contributed by atoms with Gasteiger partial charge < -0.3 is 24.7 Å². The van der Waals surface area contributed by atoms with Crippen molar-refractivity contribution in [2.75, 3.05) is 50.7 Å². The third-order valence-electron chi connectivity index (χ3n) is 6.09. The van der Waals surface area contributed by atoms with Crippen molar-refractivity contribution in [3.63, 3.8) is 0 Å². The molecule has 1 amide bonds. The lowest BCUT2D eigenvalue weighted by Gasteiger charge is -2.36. The van der Waals surface area contributed by atoms with Crippen LogP contribution in [0.4, 0.5) is 5.69 Å². The fraction of sp³-hybridized carbons (Fsp3) is 0.455. The average Bonchev–Trinajstić information content (AvgIpc) is 3.08. The number of carbonyl (C=O) groups is 1. The molecule has 0 unspecified atom stereocenters. The summed E-state index contributed by atoms with van der Waals surface area (Å²) in [6.07, 6.45) is 3.31. The van der Waals surface area contributed by atoms with Crippen LogP contribution in [0.25, 0.3) is 0 Å². The number of phenolic OH excluding ortho intramolecular Hbond substituents is 1. The highest BCUT2D eigenvalue weighted by molar-refractivity contribution is 6.10. The van der Waals surface area contributed by atoms with Crippen LogP contribution in [0.15, 0.2) is 41.7 Å². The average molecular weight is 412 g/mol. The maximum Gasteiger partial charge on any atom is 0.256 e. The summed E-state index contributed by atoms with van der Waals surface area (Å²) in [6.45, 7) is 6.10. The molecule has 1 fully saturated rings. The summed E-state index contributed by atoms with van der Waals surface area (Å²) in [5.74, 6) is 0.307. The van der Waals surface area contributed by atoms with E-state index in [2.05, 4.69) is 15.0 Å². The molecule has 3 heterocycles. The zero-order valence-corrected chi connectivity index (χ0v) is 17.4. The van der Waals surface area contributed by atoms with E-state index < -0.39 is 0 Å². The second-order valence-electron chi connectivity index (χ2n) is 7.98. The molecular weight excluding hydrogens is 382 g/mol. The minimum atomic E-state index is 0.0152. The van der Waals surface area contributed by atoms with E-state index in [1.165, 1.54) is 0 Å². The number of carbonyl (C=O) groups excluding carboxylic acids is 1. The van der Waals surface area contributed by atoms with E-state index in [9.17, 15) is 15.1 Å². The quantitative estimate of drug-likeness (QED) is 0.581. The Balaban J connectivity index is 1.28. The number of rotatable bonds is 5. The highest BCUT2D eigenvalue weighted by atomic mass is 16.4. The molecule has 4 rings (SSSR count). The van der Waals surface area contributed by atoms with E-state index in [-0.39, 0.29) is 5.91 Å². The number of hydrogen-bond acceptors (Lipinski definition) is 6. The molecule has 2 aliphatic rings. The SMILES string of the molecule is Cn1ccc2c1C(=NO)CCN(CCCN1CCN(c3ccc(O)cc3)CC1)C2=O. The highest BCUT2D eigenvalue weighted by Crippen LogP contribution is 2.21. The first-order valence-electron chi connectivity index (χ1n) is 10.5. The fourth-order valence-electron chi connectivity index (χ4n) is 4.38. The van der Waals surface area contributed by atoms with E-state index in [0.29, 0.717) is 36.5 Å². The predicted octanol–water partition coefficient (Wildman–Crippen LogP) is 1.97. The van der Waals surface area contributed by atoms with Crippen LogP contribution in [0.2, 0.25) is 0 Å². The Morgan fingerprint density at radius 3 is 2.43 bits per heavy atom. The molecule has 0 bridgehead atoms. The van der Waals surface area contributed by atoms with Crippen molar-refractivity contribution in [2.45, 2.75) is 12.8 Å². The lowest BCUT2D eigenvalue weighted by Crippen LogP contribution is -2.47. The largest absolute Gasteiger partial charge is 0.508 e. The van der Waals surface area contributed by atoms with Gasteiger partial charge in [0, 0.05) is 64.6 Å². The summed E-state index contributed by atoms with van der Waals surface area (Å²) >= 11 is 0. The number of nitrogens with zero attached hydrogens (tertiary/aromatic N) is 5. The molecule has 30 heavy (non-hydrogen) atoms. The number of aryl methyl sites for hydroxylation is 1. The van der Waals surface area contributed by atoms with E-state index in [1.54, 1.807) is 12.1 Å². The van der Waals surface area contributed by atoms with E-state index in [0.717, 1.165) is 50.5 Å². The predicted molar refractivity (Wildman–Crippen MR) is 116 cm³/mol. The van der Waals surface area contributed by atoms with Gasteiger partial charge in [-0.15, -0.1) is 0 Å². The third kappa shape index (κ3) is 4.14. The smallest absolute Gasteiger partial charge is 0.256 e. The van der Waals surface area contributed by atoms with Crippen molar-refractivity contribution < 1.29 is 15.1 Å². The van der Waals surface area contributed by atoms with E-state index in [4.69, 9.17) is 0 Å². The zero-order valence-electron chi connectivity index (χ0n) is 17.4. The zero-order chi connectivity index (χ0) is 21.1. The number of anilines is 1. The van der Waals surface area contributed by atoms with Gasteiger partial charge in [0.1, 0.15) is 11.5 Å². The Bertz CT molecular complexity index is 913. The number of fused-ring (bicyclic) bond motifs is 1. The molecule has 0 atom stereocenters. The Morgan fingerprint density at radius 1 is 1.00 bits per heavy atom. The molecule has 2 N–H and O–H groups in total. The van der Waals surface area contributed by atoms with Gasteiger partial charge in [-0.05, 0) is 43.3 Å². The molecule has 0 saturated carbocycles. The lowest BCUT2D eigenvalue weighted by atomic mass is 10.1. The first-order valence-corrected chi connectivity index (χ1v) is 10.5. The molecule has 2 aromatic rings. The normalized spacial score (nSPS) is 19.2. The van der Waals surface area contributed by atoms with Crippen LogP contribution < -0.4 is 4.90 Å². The maximum atomic E-state index is 13.0. The van der Waals surface area contributed by atoms with Crippen molar-refractivity contribution in [2.24, 2.45) is 12.2 Å². The van der Waals surface area contributed by atoms with Crippen molar-refractivity contribution >= 4 is 17.3 Å². The summed E-state index contributed by atoms with van der Waals surface area (Å²) in [4.78, 5) is 19.6. The summed E-state index contributed by atoms with van der Waals surface area (Å²) in [5, 5.41) is 22.2. The summed E-state index contributed by atoms with van der Waals surface area (Å²) < 4.78 is 1.85. The van der Waals surface area contributed by atoms with Crippen LogP contribution in [0, 0.1) is 0 Å². The second kappa shape index (κ2) is 8.79. The van der Waals surface area contributed by atoms with Gasteiger partial charge in [-0.1, -0.05) is 5.16 Å². The minimum Gasteiger partial charge on any atom is -0.508 e. The van der Waals surface area contributed by atoms with Gasteiger partial charge >= 0.3 is 0 Å². The molecule has 0 aliphatic carbocycles. The lowest BCUT2D eigenvalue weighted by molar-refractivity contribution is 0.0755. The molecule has 1 saturated heterocycles. The van der Waals surface area contributed by atoms with Gasteiger partial charge in [-0.2, -0.15) is 0 Å². The first kappa shape index (κ1) is 20.3. The van der Waals surface area contributed by atoms with Gasteiger partial charge in [0.2, 0.25) is 0 Å². The molecule has 1 aromatic heterocycles. The molecule has 160 valence electrons. The van der Waals surface area contributed by atoms with E-state index in [1.807, 2.05) is 40.9 Å². The Morgan fingerprint density at radius 2 is 1.73 bits per heavy atom. The number of aromatic hydroxyl groups is 1. The number of phenols is 1. The first-order chi connectivity index (χ1) is 14.6. The van der Waals surface area contributed by atoms with Crippen LogP contribution in [-0.2, 0) is 7.05 Å². The van der Waals surface area contributed by atoms with Crippen LogP contribution in [0.3, 0.4) is 0 Å². The van der Waals surface area contributed by atoms with Crippen molar-refractivity contribution in [1.82, 2.24) is 14.4 Å². The number of aromatic nitrogens is 1. The molecule has 1 aromatic carbocycles. The van der Waals surface area contributed by atoms with Crippen molar-refractivity contribution in [3.05, 3.63) is 47.8 Å². The number of hydrogen-bond donors (Lipinski definition) is 2. The molecular formula is C22H29N5O3. The minimum absolute atomic E-state index is 0.0152. The number of benzene rings is 1. The van der Waals surface area contributed by atoms with E-state index >= 15 is 0 Å². The Labute approximate surface area is 176 Å². The number of piperazine rings is 1. The van der Waals surface area contributed by atoms with Crippen molar-refractivity contribution in [3.8, 4) is 5.75 Å². The van der Waals surface area contributed by atoms with Crippen LogP contribution >= 0.6 is 0 Å². The summed E-state index contributed by atoms with van der Waals surface area (Å²) in [5.41, 5.74) is 3.04. The second-order valence-corrected chi connectivity index (χ2v) is 7.98. The standard InChI is InChI=1S/C22H29N5O3/c1-24-11-7-19-21(24)20(23-30)8-12-27(22(19)29)10-2-9-25-13-15-26(16-14-25)17-3-5-18(28)6-4-17/h3-7,11,28,30H,2,8-10,12-16H2,1H3. The Hall–Kier alpha value is -3.00. The van der Waals surface area contributed by atoms with Crippen LogP contribution in [0.5, 0.6) is 5.75 Å². The molecule has 8 nitrogen and oxygen atoms in total. The molecule has 2 aliphatic heterocycles. The van der Waals surface area contributed by atoms with Crippen molar-refractivity contribution in [1.29, 1.82) is 0 Å². The fourth-order valence-corrected chi connectivity index (χ4v) is 4.38. The summed E-state index contributed by atoms with van der Waals surface area (Å²) in [7, 11) is 1.87. The van der Waals surface area contributed by atoms with Crippen LogP contribution in [0.1, 0.15) is 28.9 Å². The highest BCUT2D eigenvalue weighted by Gasteiger charge is 2.28.